The van der Waals surface area contributed by atoms with E-state index in [2.05, 4.69) is 141 Å². The maximum absolute atomic E-state index is 6.70. The highest BCUT2D eigenvalue weighted by atomic mass is 16.3. The predicted octanol–water partition coefficient (Wildman–Crippen LogP) is 10.2. The minimum atomic E-state index is 0.637. The standard InChI is InChI=1S/C39H29N3O/c1-24-12-11-13-25(2)35(24)32-23-22-29-36-26(3)20-21-30(37(36)43-39(29)41-32)38-40-31-17-8-10-19-34(31)42(38)33-18-9-7-16-28(33)27-14-5-4-6-15-27/h4-23H,1-3H3. The summed E-state index contributed by atoms with van der Waals surface area (Å²) in [6.07, 6.45) is 0. The van der Waals surface area contributed by atoms with E-state index < -0.39 is 0 Å². The molecule has 43 heavy (non-hydrogen) atoms. The molecule has 0 fully saturated rings. The van der Waals surface area contributed by atoms with Crippen LogP contribution >= 0.6 is 0 Å². The van der Waals surface area contributed by atoms with Crippen molar-refractivity contribution in [2.24, 2.45) is 0 Å². The summed E-state index contributed by atoms with van der Waals surface area (Å²) in [5.41, 5.74) is 13.3. The second kappa shape index (κ2) is 9.81. The zero-order valence-electron chi connectivity index (χ0n) is 24.3. The van der Waals surface area contributed by atoms with Crippen LogP contribution in [-0.4, -0.2) is 14.5 Å². The monoisotopic (exact) mass is 555 g/mol. The minimum absolute atomic E-state index is 0.637. The third kappa shape index (κ3) is 3.98. The first-order valence-corrected chi connectivity index (χ1v) is 14.6. The van der Waals surface area contributed by atoms with E-state index in [1.54, 1.807) is 0 Å². The third-order valence-electron chi connectivity index (χ3n) is 8.46. The number of aromatic nitrogens is 3. The van der Waals surface area contributed by atoms with Crippen LogP contribution in [0.3, 0.4) is 0 Å². The second-order valence-corrected chi connectivity index (χ2v) is 11.2. The van der Waals surface area contributed by atoms with Gasteiger partial charge in [-0.3, -0.25) is 4.57 Å². The number of para-hydroxylation sites is 3. The molecule has 5 aromatic carbocycles. The summed E-state index contributed by atoms with van der Waals surface area (Å²) in [4.78, 5) is 10.3. The number of hydrogen-bond donors (Lipinski definition) is 0. The molecule has 4 heteroatoms. The molecular formula is C39H29N3O. The highest BCUT2D eigenvalue weighted by Gasteiger charge is 2.23. The zero-order valence-corrected chi connectivity index (χ0v) is 24.3. The van der Waals surface area contributed by atoms with Gasteiger partial charge in [-0.25, -0.2) is 9.97 Å². The van der Waals surface area contributed by atoms with Gasteiger partial charge in [0.25, 0.3) is 0 Å². The van der Waals surface area contributed by atoms with Crippen molar-refractivity contribution >= 4 is 33.1 Å². The molecule has 0 saturated heterocycles. The van der Waals surface area contributed by atoms with Crippen molar-refractivity contribution in [2.75, 3.05) is 0 Å². The first-order valence-electron chi connectivity index (χ1n) is 14.6. The fourth-order valence-electron chi connectivity index (χ4n) is 6.44. The number of benzene rings is 5. The average molecular weight is 556 g/mol. The molecule has 206 valence electrons. The Morgan fingerprint density at radius 3 is 2.16 bits per heavy atom. The van der Waals surface area contributed by atoms with Crippen molar-refractivity contribution in [3.05, 3.63) is 138 Å². The second-order valence-electron chi connectivity index (χ2n) is 11.2. The van der Waals surface area contributed by atoms with Gasteiger partial charge in [0, 0.05) is 21.9 Å². The fraction of sp³-hybridized carbons (Fsp3) is 0.0769. The van der Waals surface area contributed by atoms with Crippen LogP contribution in [0.5, 0.6) is 0 Å². The average Bonchev–Trinajstić information content (AvgIpc) is 3.61. The van der Waals surface area contributed by atoms with E-state index in [-0.39, 0.29) is 0 Å². The van der Waals surface area contributed by atoms with Crippen molar-refractivity contribution in [1.82, 2.24) is 14.5 Å². The number of pyridine rings is 1. The summed E-state index contributed by atoms with van der Waals surface area (Å²) in [5, 5.41) is 2.08. The topological polar surface area (TPSA) is 43.9 Å². The largest absolute Gasteiger partial charge is 0.437 e. The summed E-state index contributed by atoms with van der Waals surface area (Å²) in [7, 11) is 0. The van der Waals surface area contributed by atoms with E-state index in [1.165, 1.54) is 11.1 Å². The molecule has 3 aromatic heterocycles. The van der Waals surface area contributed by atoms with Crippen LogP contribution in [0.1, 0.15) is 16.7 Å². The van der Waals surface area contributed by atoms with Crippen LogP contribution < -0.4 is 0 Å². The zero-order chi connectivity index (χ0) is 29.1. The highest BCUT2D eigenvalue weighted by molar-refractivity contribution is 6.10. The van der Waals surface area contributed by atoms with E-state index in [0.717, 1.165) is 72.4 Å². The van der Waals surface area contributed by atoms with Gasteiger partial charge in [-0.1, -0.05) is 84.9 Å². The number of imidazole rings is 1. The SMILES string of the molecule is Cc1cccc(C)c1-c1ccc2c(n1)oc1c(-c3nc4ccccc4n3-c3ccccc3-c3ccccc3)ccc(C)c12. The van der Waals surface area contributed by atoms with Crippen molar-refractivity contribution in [3.63, 3.8) is 0 Å². The lowest BCUT2D eigenvalue weighted by Gasteiger charge is -2.15. The van der Waals surface area contributed by atoms with Crippen molar-refractivity contribution < 1.29 is 4.42 Å². The molecule has 0 spiro atoms. The smallest absolute Gasteiger partial charge is 0.227 e. The minimum Gasteiger partial charge on any atom is -0.437 e. The Morgan fingerprint density at radius 2 is 1.33 bits per heavy atom. The number of rotatable bonds is 4. The predicted molar refractivity (Wildman–Crippen MR) is 177 cm³/mol. The number of nitrogens with zero attached hydrogens (tertiary/aromatic N) is 3. The van der Waals surface area contributed by atoms with E-state index in [1.807, 2.05) is 6.07 Å². The number of fused-ring (bicyclic) bond motifs is 4. The van der Waals surface area contributed by atoms with Gasteiger partial charge < -0.3 is 4.42 Å². The van der Waals surface area contributed by atoms with Gasteiger partial charge in [-0.15, -0.1) is 0 Å². The first-order chi connectivity index (χ1) is 21.1. The summed E-state index contributed by atoms with van der Waals surface area (Å²) < 4.78 is 8.97. The molecule has 0 N–H and O–H groups in total. The molecule has 8 aromatic rings. The summed E-state index contributed by atoms with van der Waals surface area (Å²) in [6, 6.07) is 42.3. The summed E-state index contributed by atoms with van der Waals surface area (Å²) >= 11 is 0. The molecule has 0 aliphatic rings. The van der Waals surface area contributed by atoms with Crippen LogP contribution in [0, 0.1) is 20.8 Å². The Bertz CT molecular complexity index is 2310. The third-order valence-corrected chi connectivity index (χ3v) is 8.46. The lowest BCUT2D eigenvalue weighted by molar-refractivity contribution is 0.655. The van der Waals surface area contributed by atoms with Gasteiger partial charge >= 0.3 is 0 Å². The van der Waals surface area contributed by atoms with Gasteiger partial charge in [-0.05, 0) is 79.4 Å². The van der Waals surface area contributed by atoms with Crippen molar-refractivity contribution in [3.8, 4) is 39.5 Å². The maximum Gasteiger partial charge on any atom is 0.227 e. The Kier molecular flexibility index (Phi) is 5.76. The van der Waals surface area contributed by atoms with E-state index in [9.17, 15) is 0 Å². The number of furan rings is 1. The number of aryl methyl sites for hydroxylation is 3. The quantitative estimate of drug-likeness (QED) is 0.217. The summed E-state index contributed by atoms with van der Waals surface area (Å²) in [5.74, 6) is 0.837. The number of hydrogen-bond acceptors (Lipinski definition) is 3. The fourth-order valence-corrected chi connectivity index (χ4v) is 6.44. The van der Waals surface area contributed by atoms with Gasteiger partial charge in [0.05, 0.1) is 28.0 Å². The molecule has 3 heterocycles. The Morgan fingerprint density at radius 1 is 0.581 bits per heavy atom. The molecule has 8 rings (SSSR count). The molecule has 4 nitrogen and oxygen atoms in total. The molecule has 0 unspecified atom stereocenters. The van der Waals surface area contributed by atoms with Crippen molar-refractivity contribution in [1.29, 1.82) is 0 Å². The summed E-state index contributed by atoms with van der Waals surface area (Å²) in [6.45, 7) is 6.40. The van der Waals surface area contributed by atoms with Crippen LogP contribution in [-0.2, 0) is 0 Å². The van der Waals surface area contributed by atoms with Gasteiger partial charge in [0.2, 0.25) is 5.71 Å². The van der Waals surface area contributed by atoms with Gasteiger partial charge in [0.1, 0.15) is 11.4 Å². The van der Waals surface area contributed by atoms with Gasteiger partial charge in [-0.2, -0.15) is 0 Å². The Balaban J connectivity index is 1.41. The van der Waals surface area contributed by atoms with Crippen LogP contribution in [0.4, 0.5) is 0 Å². The molecule has 0 aliphatic heterocycles. The highest BCUT2D eigenvalue weighted by Crippen LogP contribution is 2.41. The lowest BCUT2D eigenvalue weighted by atomic mass is 9.99. The van der Waals surface area contributed by atoms with Crippen LogP contribution in [0.25, 0.3) is 72.6 Å². The van der Waals surface area contributed by atoms with Crippen LogP contribution in [0.15, 0.2) is 126 Å². The normalized spacial score (nSPS) is 11.6. The maximum atomic E-state index is 6.70. The first kappa shape index (κ1) is 25.2. The Hall–Kier alpha value is -5.48. The van der Waals surface area contributed by atoms with Crippen LogP contribution in [0.2, 0.25) is 0 Å². The molecule has 0 saturated carbocycles. The Labute approximate surface area is 249 Å². The van der Waals surface area contributed by atoms with E-state index in [0.29, 0.717) is 5.71 Å². The molecule has 0 bridgehead atoms. The van der Waals surface area contributed by atoms with E-state index in [4.69, 9.17) is 14.4 Å². The molecular weight excluding hydrogens is 526 g/mol. The molecule has 0 radical (unpaired) electrons. The molecule has 0 amide bonds. The van der Waals surface area contributed by atoms with Gasteiger partial charge in [0.15, 0.2) is 0 Å². The van der Waals surface area contributed by atoms with Crippen molar-refractivity contribution in [2.45, 2.75) is 20.8 Å². The molecule has 0 atom stereocenters. The van der Waals surface area contributed by atoms with E-state index >= 15 is 0 Å². The molecule has 0 aliphatic carbocycles. The lowest BCUT2D eigenvalue weighted by Crippen LogP contribution is -2.00.